The molecule has 0 radical (unpaired) electrons. The van der Waals surface area contributed by atoms with Crippen molar-refractivity contribution in [1.82, 2.24) is 25.1 Å². The fourth-order valence-electron chi connectivity index (χ4n) is 2.60. The lowest BCUT2D eigenvalue weighted by Crippen LogP contribution is -2.23. The number of thioether (sulfide) groups is 1. The van der Waals surface area contributed by atoms with E-state index in [2.05, 4.69) is 25.1 Å². The van der Waals surface area contributed by atoms with Gasteiger partial charge in [-0.15, -0.1) is 0 Å². The number of carbonyl (C=O) groups excluding carboxylic acids is 1. The number of rotatable bonds is 4. The molecule has 0 unspecified atom stereocenters. The van der Waals surface area contributed by atoms with Gasteiger partial charge in [0.1, 0.15) is 0 Å². The minimum Gasteiger partial charge on any atom is -0.346 e. The van der Waals surface area contributed by atoms with Gasteiger partial charge in [-0.25, -0.2) is 4.98 Å². The van der Waals surface area contributed by atoms with Crippen molar-refractivity contribution in [2.24, 2.45) is 0 Å². The zero-order chi connectivity index (χ0) is 15.6. The number of carbonyl (C=O) groups is 1. The highest BCUT2D eigenvalue weighted by atomic mass is 32.2. The van der Waals surface area contributed by atoms with Crippen LogP contribution in [0.15, 0.2) is 47.9 Å². The van der Waals surface area contributed by atoms with Crippen LogP contribution in [0.25, 0.3) is 11.3 Å². The lowest BCUT2D eigenvalue weighted by molar-refractivity contribution is 0.0951. The Balaban J connectivity index is 1.48. The number of nitrogens with one attached hydrogen (secondary N) is 2. The first-order valence-electron chi connectivity index (χ1n) is 7.37. The predicted octanol–water partition coefficient (Wildman–Crippen LogP) is 2.31. The number of fused-ring (bicyclic) bond motifs is 1. The van der Waals surface area contributed by atoms with Crippen molar-refractivity contribution in [3.05, 3.63) is 54.0 Å². The zero-order valence-electron chi connectivity index (χ0n) is 12.3. The fourth-order valence-corrected chi connectivity index (χ4v) is 3.56. The van der Waals surface area contributed by atoms with E-state index in [0.29, 0.717) is 12.1 Å². The number of hydrogen-bond acceptors (Lipinski definition) is 4. The lowest BCUT2D eigenvalue weighted by atomic mass is 10.1. The molecule has 0 fully saturated rings. The average Bonchev–Trinajstić information content (AvgIpc) is 3.28. The van der Waals surface area contributed by atoms with Crippen molar-refractivity contribution < 1.29 is 4.79 Å². The summed E-state index contributed by atoms with van der Waals surface area (Å²) in [4.78, 5) is 17.0. The molecular formula is C16H15N5OS. The van der Waals surface area contributed by atoms with E-state index in [1.807, 2.05) is 36.5 Å². The van der Waals surface area contributed by atoms with Crippen LogP contribution >= 0.6 is 11.8 Å². The molecule has 2 aromatic heterocycles. The molecule has 116 valence electrons. The van der Waals surface area contributed by atoms with Gasteiger partial charge in [0.25, 0.3) is 5.91 Å². The molecule has 23 heavy (non-hydrogen) atoms. The molecule has 1 aromatic carbocycles. The van der Waals surface area contributed by atoms with Gasteiger partial charge in [-0.2, -0.15) is 5.10 Å². The van der Waals surface area contributed by atoms with Gasteiger partial charge < -0.3 is 9.88 Å². The van der Waals surface area contributed by atoms with Gasteiger partial charge in [-0.3, -0.25) is 9.89 Å². The van der Waals surface area contributed by atoms with Gasteiger partial charge >= 0.3 is 0 Å². The first kappa shape index (κ1) is 14.1. The second-order valence-electron chi connectivity index (χ2n) is 5.26. The van der Waals surface area contributed by atoms with Gasteiger partial charge in [-0.05, 0) is 0 Å². The van der Waals surface area contributed by atoms with Crippen molar-refractivity contribution in [3.8, 4) is 11.3 Å². The highest BCUT2D eigenvalue weighted by Crippen LogP contribution is 2.24. The topological polar surface area (TPSA) is 75.6 Å². The second-order valence-corrected chi connectivity index (χ2v) is 6.33. The van der Waals surface area contributed by atoms with Crippen LogP contribution in [0.1, 0.15) is 16.1 Å². The van der Waals surface area contributed by atoms with Crippen molar-refractivity contribution >= 4 is 17.7 Å². The highest BCUT2D eigenvalue weighted by molar-refractivity contribution is 7.99. The molecule has 0 atom stereocenters. The third-order valence-electron chi connectivity index (χ3n) is 3.73. The number of benzene rings is 1. The fraction of sp³-hybridized carbons (Fsp3) is 0.188. The van der Waals surface area contributed by atoms with Gasteiger partial charge in [0.15, 0.2) is 5.16 Å². The number of amides is 1. The Morgan fingerprint density at radius 1 is 1.35 bits per heavy atom. The van der Waals surface area contributed by atoms with E-state index in [4.69, 9.17) is 0 Å². The second kappa shape index (κ2) is 5.92. The van der Waals surface area contributed by atoms with Crippen molar-refractivity contribution in [2.45, 2.75) is 18.2 Å². The quantitative estimate of drug-likeness (QED) is 0.772. The minimum absolute atomic E-state index is 0.154. The molecule has 0 saturated carbocycles. The summed E-state index contributed by atoms with van der Waals surface area (Å²) in [5.41, 5.74) is 3.08. The smallest absolute Gasteiger partial charge is 0.255 e. The molecule has 3 heterocycles. The molecular weight excluding hydrogens is 310 g/mol. The molecule has 1 amide bonds. The van der Waals surface area contributed by atoms with Crippen LogP contribution in [0.2, 0.25) is 0 Å². The largest absolute Gasteiger partial charge is 0.346 e. The maximum absolute atomic E-state index is 12.4. The first-order valence-corrected chi connectivity index (χ1v) is 8.35. The molecule has 3 aromatic rings. The number of aryl methyl sites for hydroxylation is 1. The van der Waals surface area contributed by atoms with Gasteiger partial charge in [0.2, 0.25) is 0 Å². The van der Waals surface area contributed by atoms with Crippen LogP contribution in [0.3, 0.4) is 0 Å². The first-order chi connectivity index (χ1) is 11.3. The number of imidazole rings is 1. The van der Waals surface area contributed by atoms with Gasteiger partial charge in [0, 0.05) is 24.1 Å². The normalized spacial score (nSPS) is 13.0. The number of aromatic nitrogens is 4. The Morgan fingerprint density at radius 3 is 3.04 bits per heavy atom. The molecule has 7 heteroatoms. The molecule has 0 bridgehead atoms. The van der Waals surface area contributed by atoms with E-state index in [1.165, 1.54) is 0 Å². The summed E-state index contributed by atoms with van der Waals surface area (Å²) in [5, 5.41) is 10.9. The standard InChI is InChI=1S/C16H15N5OS/c22-15(17-8-12-10-21-6-7-23-16(21)19-12)13-9-18-20-14(13)11-4-2-1-3-5-11/h1-5,9-10H,6-8H2,(H,17,22)(H,18,20). The van der Waals surface area contributed by atoms with Crippen molar-refractivity contribution in [3.63, 3.8) is 0 Å². The van der Waals surface area contributed by atoms with E-state index in [0.717, 1.165) is 34.4 Å². The van der Waals surface area contributed by atoms with Crippen LogP contribution in [0.5, 0.6) is 0 Å². The molecule has 6 nitrogen and oxygen atoms in total. The Morgan fingerprint density at radius 2 is 2.22 bits per heavy atom. The molecule has 2 N–H and O–H groups in total. The molecule has 0 aliphatic carbocycles. The minimum atomic E-state index is -0.154. The van der Waals surface area contributed by atoms with Crippen LogP contribution in [0, 0.1) is 0 Å². The highest BCUT2D eigenvalue weighted by Gasteiger charge is 2.17. The Kier molecular flexibility index (Phi) is 3.63. The zero-order valence-corrected chi connectivity index (χ0v) is 13.1. The summed E-state index contributed by atoms with van der Waals surface area (Å²) in [6.45, 7) is 1.40. The lowest BCUT2D eigenvalue weighted by Gasteiger charge is -2.04. The maximum Gasteiger partial charge on any atom is 0.255 e. The van der Waals surface area contributed by atoms with E-state index in [9.17, 15) is 4.79 Å². The third-order valence-corrected chi connectivity index (χ3v) is 4.70. The van der Waals surface area contributed by atoms with E-state index < -0.39 is 0 Å². The summed E-state index contributed by atoms with van der Waals surface area (Å²) < 4.78 is 2.12. The summed E-state index contributed by atoms with van der Waals surface area (Å²) in [6, 6.07) is 9.70. The predicted molar refractivity (Wildman–Crippen MR) is 88.1 cm³/mol. The Labute approximate surface area is 137 Å². The molecule has 0 spiro atoms. The Hall–Kier alpha value is -2.54. The van der Waals surface area contributed by atoms with Crippen LogP contribution in [-0.2, 0) is 13.1 Å². The molecule has 1 aliphatic heterocycles. The number of nitrogens with zero attached hydrogens (tertiary/aromatic N) is 3. The summed E-state index contributed by atoms with van der Waals surface area (Å²) in [7, 11) is 0. The van der Waals surface area contributed by atoms with Gasteiger partial charge in [0.05, 0.1) is 29.7 Å². The van der Waals surface area contributed by atoms with E-state index in [-0.39, 0.29) is 5.91 Å². The third kappa shape index (κ3) is 2.75. The van der Waals surface area contributed by atoms with Crippen LogP contribution in [0.4, 0.5) is 0 Å². The molecule has 4 rings (SSSR count). The average molecular weight is 325 g/mol. The van der Waals surface area contributed by atoms with Crippen molar-refractivity contribution in [1.29, 1.82) is 0 Å². The summed E-state index contributed by atoms with van der Waals surface area (Å²) >= 11 is 1.74. The summed E-state index contributed by atoms with van der Waals surface area (Å²) in [6.07, 6.45) is 3.56. The maximum atomic E-state index is 12.4. The van der Waals surface area contributed by atoms with E-state index >= 15 is 0 Å². The molecule has 0 saturated heterocycles. The molecule has 1 aliphatic rings. The van der Waals surface area contributed by atoms with Gasteiger partial charge in [-0.1, -0.05) is 42.1 Å². The SMILES string of the molecule is O=C(NCc1cn2c(n1)SCC2)c1cn[nH]c1-c1ccccc1. The monoisotopic (exact) mass is 325 g/mol. The van der Waals surface area contributed by atoms with E-state index in [1.54, 1.807) is 18.0 Å². The summed E-state index contributed by atoms with van der Waals surface area (Å²) in [5.74, 6) is 0.920. The number of aromatic amines is 1. The van der Waals surface area contributed by atoms with Crippen LogP contribution in [-0.4, -0.2) is 31.4 Å². The van der Waals surface area contributed by atoms with Crippen LogP contribution < -0.4 is 5.32 Å². The van der Waals surface area contributed by atoms with Crippen molar-refractivity contribution in [2.75, 3.05) is 5.75 Å². The number of hydrogen-bond donors (Lipinski definition) is 2. The Bertz CT molecular complexity index is 818. The number of H-pyrrole nitrogens is 1.